The number of benzene rings is 1. The second kappa shape index (κ2) is 7.93. The molecule has 2 aromatic heterocycles. The fourth-order valence-electron chi connectivity index (χ4n) is 2.33. The average Bonchev–Trinajstić information content (AvgIpc) is 2.69. The molecular weight excluding hydrogens is 347 g/mol. The number of anilines is 3. The maximum atomic E-state index is 14.1. The SMILES string of the molecule is N#Cc1ccc(C(=O)Nc2ccc(F)c(CNc3cccnc3N)c2)nc1. The van der Waals surface area contributed by atoms with Crippen molar-refractivity contribution in [1.29, 1.82) is 5.26 Å². The van der Waals surface area contributed by atoms with Crippen LogP contribution in [-0.2, 0) is 6.54 Å². The molecule has 0 saturated carbocycles. The van der Waals surface area contributed by atoms with E-state index in [2.05, 4.69) is 20.6 Å². The highest BCUT2D eigenvalue weighted by atomic mass is 19.1. The Labute approximate surface area is 154 Å². The Bertz CT molecular complexity index is 1010. The minimum atomic E-state index is -0.457. The number of nitrogens with one attached hydrogen (secondary N) is 2. The summed E-state index contributed by atoms with van der Waals surface area (Å²) in [6.07, 6.45) is 2.88. The number of hydrogen-bond acceptors (Lipinski definition) is 6. The van der Waals surface area contributed by atoms with Crippen LogP contribution in [0.5, 0.6) is 0 Å². The van der Waals surface area contributed by atoms with Crippen molar-refractivity contribution in [3.63, 3.8) is 0 Å². The number of carbonyl (C=O) groups is 1. The van der Waals surface area contributed by atoms with Crippen LogP contribution in [0.3, 0.4) is 0 Å². The van der Waals surface area contributed by atoms with Crippen molar-refractivity contribution in [2.75, 3.05) is 16.4 Å². The van der Waals surface area contributed by atoms with Gasteiger partial charge in [-0.3, -0.25) is 4.79 Å². The molecule has 0 atom stereocenters. The van der Waals surface area contributed by atoms with Crippen molar-refractivity contribution in [2.45, 2.75) is 6.54 Å². The van der Waals surface area contributed by atoms with Gasteiger partial charge in [-0.1, -0.05) is 0 Å². The summed E-state index contributed by atoms with van der Waals surface area (Å²) < 4.78 is 14.1. The van der Waals surface area contributed by atoms with Gasteiger partial charge in [-0.25, -0.2) is 14.4 Å². The number of carbonyl (C=O) groups excluding carboxylic acids is 1. The number of rotatable bonds is 5. The molecule has 7 nitrogen and oxygen atoms in total. The molecule has 3 aromatic rings. The number of halogens is 1. The average molecular weight is 362 g/mol. The summed E-state index contributed by atoms with van der Waals surface area (Å²) in [5, 5.41) is 14.4. The van der Waals surface area contributed by atoms with Crippen LogP contribution in [0, 0.1) is 17.1 Å². The van der Waals surface area contributed by atoms with E-state index in [9.17, 15) is 9.18 Å². The van der Waals surface area contributed by atoms with Gasteiger partial charge in [0.15, 0.2) is 0 Å². The Kier molecular flexibility index (Phi) is 5.23. The molecule has 0 fully saturated rings. The summed E-state index contributed by atoms with van der Waals surface area (Å²) in [6, 6.07) is 12.6. The van der Waals surface area contributed by atoms with Gasteiger partial charge in [0, 0.05) is 30.2 Å². The smallest absolute Gasteiger partial charge is 0.274 e. The van der Waals surface area contributed by atoms with E-state index in [4.69, 9.17) is 11.0 Å². The number of pyridine rings is 2. The first-order valence-corrected chi connectivity index (χ1v) is 7.97. The first kappa shape index (κ1) is 17.8. The number of amides is 1. The molecule has 0 spiro atoms. The molecule has 27 heavy (non-hydrogen) atoms. The van der Waals surface area contributed by atoms with E-state index in [-0.39, 0.29) is 12.2 Å². The lowest BCUT2D eigenvalue weighted by Gasteiger charge is -2.11. The van der Waals surface area contributed by atoms with Gasteiger partial charge >= 0.3 is 0 Å². The summed E-state index contributed by atoms with van der Waals surface area (Å²) in [4.78, 5) is 20.1. The van der Waals surface area contributed by atoms with Crippen molar-refractivity contribution in [3.05, 3.63) is 77.5 Å². The third kappa shape index (κ3) is 4.35. The third-order valence-electron chi connectivity index (χ3n) is 3.74. The van der Waals surface area contributed by atoms with Gasteiger partial charge < -0.3 is 16.4 Å². The van der Waals surface area contributed by atoms with Crippen molar-refractivity contribution in [2.24, 2.45) is 0 Å². The van der Waals surface area contributed by atoms with Crippen LogP contribution in [0.25, 0.3) is 0 Å². The number of hydrogen-bond donors (Lipinski definition) is 3. The molecule has 3 rings (SSSR count). The second-order valence-electron chi connectivity index (χ2n) is 5.59. The normalized spacial score (nSPS) is 10.1. The monoisotopic (exact) mass is 362 g/mol. The summed E-state index contributed by atoms with van der Waals surface area (Å²) in [5.74, 6) is -0.560. The first-order valence-electron chi connectivity index (χ1n) is 7.97. The molecule has 134 valence electrons. The highest BCUT2D eigenvalue weighted by Gasteiger charge is 2.10. The fraction of sp³-hybridized carbons (Fsp3) is 0.0526. The van der Waals surface area contributed by atoms with Crippen LogP contribution in [0.2, 0.25) is 0 Å². The quantitative estimate of drug-likeness (QED) is 0.642. The van der Waals surface area contributed by atoms with Crippen LogP contribution < -0.4 is 16.4 Å². The highest BCUT2D eigenvalue weighted by Crippen LogP contribution is 2.19. The number of nitrogens with zero attached hydrogens (tertiary/aromatic N) is 3. The van der Waals surface area contributed by atoms with Gasteiger partial charge in [-0.15, -0.1) is 0 Å². The van der Waals surface area contributed by atoms with Crippen LogP contribution in [0.15, 0.2) is 54.9 Å². The minimum absolute atomic E-state index is 0.154. The molecule has 1 amide bonds. The van der Waals surface area contributed by atoms with Crippen LogP contribution in [0.1, 0.15) is 21.6 Å². The molecule has 0 bridgehead atoms. The van der Waals surface area contributed by atoms with E-state index >= 15 is 0 Å². The second-order valence-corrected chi connectivity index (χ2v) is 5.59. The predicted molar refractivity (Wildman–Crippen MR) is 99.3 cm³/mol. The molecule has 1 aromatic carbocycles. The standard InChI is InChI=1S/C19H15FN6O/c20-15-5-4-14(26-19(27)17-6-3-12(9-21)10-24-17)8-13(15)11-25-16-2-1-7-23-18(16)22/h1-8,10,25H,11H2,(H2,22,23)(H,26,27). The van der Waals surface area contributed by atoms with E-state index in [1.807, 2.05) is 6.07 Å². The summed E-state index contributed by atoms with van der Waals surface area (Å²) in [6.45, 7) is 0.167. The summed E-state index contributed by atoms with van der Waals surface area (Å²) in [7, 11) is 0. The van der Waals surface area contributed by atoms with Crippen LogP contribution in [0.4, 0.5) is 21.6 Å². The fourth-order valence-corrected chi connectivity index (χ4v) is 2.33. The lowest BCUT2D eigenvalue weighted by Crippen LogP contribution is -2.14. The van der Waals surface area contributed by atoms with E-state index in [0.29, 0.717) is 28.3 Å². The van der Waals surface area contributed by atoms with Crippen molar-refractivity contribution >= 4 is 23.1 Å². The molecule has 0 aliphatic carbocycles. The zero-order valence-electron chi connectivity index (χ0n) is 14.1. The zero-order chi connectivity index (χ0) is 19.2. The molecule has 0 unspecified atom stereocenters. The van der Waals surface area contributed by atoms with Crippen molar-refractivity contribution in [1.82, 2.24) is 9.97 Å². The third-order valence-corrected chi connectivity index (χ3v) is 3.74. The van der Waals surface area contributed by atoms with Crippen molar-refractivity contribution in [3.8, 4) is 6.07 Å². The maximum absolute atomic E-state index is 14.1. The molecule has 8 heteroatoms. The lowest BCUT2D eigenvalue weighted by atomic mass is 10.1. The Morgan fingerprint density at radius 2 is 2.07 bits per heavy atom. The lowest BCUT2D eigenvalue weighted by molar-refractivity contribution is 0.102. The van der Waals surface area contributed by atoms with E-state index < -0.39 is 11.7 Å². The van der Waals surface area contributed by atoms with Gasteiger partial charge in [-0.05, 0) is 42.5 Å². The summed E-state index contributed by atoms with van der Waals surface area (Å²) >= 11 is 0. The van der Waals surface area contributed by atoms with Gasteiger partial charge in [0.2, 0.25) is 0 Å². The van der Waals surface area contributed by atoms with Crippen molar-refractivity contribution < 1.29 is 9.18 Å². The Morgan fingerprint density at radius 1 is 1.22 bits per heavy atom. The number of nitrogens with two attached hydrogens (primary N) is 1. The number of nitrogen functional groups attached to an aromatic ring is 1. The zero-order valence-corrected chi connectivity index (χ0v) is 14.1. The molecule has 0 saturated heterocycles. The molecule has 4 N–H and O–H groups in total. The van der Waals surface area contributed by atoms with Crippen LogP contribution >= 0.6 is 0 Å². The minimum Gasteiger partial charge on any atom is -0.382 e. The number of aromatic nitrogens is 2. The maximum Gasteiger partial charge on any atom is 0.274 e. The molecule has 0 radical (unpaired) electrons. The predicted octanol–water partition coefficient (Wildman–Crippen LogP) is 2.93. The molecule has 0 aliphatic rings. The number of nitriles is 1. The highest BCUT2D eigenvalue weighted by molar-refractivity contribution is 6.02. The van der Waals surface area contributed by atoms with E-state index in [1.165, 1.54) is 36.5 Å². The van der Waals surface area contributed by atoms with E-state index in [0.717, 1.165) is 0 Å². The summed E-state index contributed by atoms with van der Waals surface area (Å²) in [5.41, 5.74) is 7.63. The van der Waals surface area contributed by atoms with E-state index in [1.54, 1.807) is 18.3 Å². The molecular formula is C19H15FN6O. The van der Waals surface area contributed by atoms with Gasteiger partial charge in [0.25, 0.3) is 5.91 Å². The largest absolute Gasteiger partial charge is 0.382 e. The van der Waals surface area contributed by atoms with Gasteiger partial charge in [0.1, 0.15) is 23.4 Å². The first-order chi connectivity index (χ1) is 13.1. The molecule has 0 aliphatic heterocycles. The van der Waals surface area contributed by atoms with Gasteiger partial charge in [0.05, 0.1) is 11.3 Å². The molecule has 2 heterocycles. The van der Waals surface area contributed by atoms with Gasteiger partial charge in [-0.2, -0.15) is 5.26 Å². The Morgan fingerprint density at radius 3 is 2.78 bits per heavy atom. The Hall–Kier alpha value is -3.99. The van der Waals surface area contributed by atoms with Crippen LogP contribution in [-0.4, -0.2) is 15.9 Å². The topological polar surface area (TPSA) is 117 Å². The Balaban J connectivity index is 1.71.